The van der Waals surface area contributed by atoms with E-state index >= 15 is 0 Å². The van der Waals surface area contributed by atoms with Crippen molar-refractivity contribution in [1.29, 1.82) is 0 Å². The van der Waals surface area contributed by atoms with E-state index in [0.717, 1.165) is 46.3 Å². The first kappa shape index (κ1) is 22.4. The molecule has 0 spiro atoms. The summed E-state index contributed by atoms with van der Waals surface area (Å²) in [6.07, 6.45) is 1.38. The molecule has 2 N–H and O–H groups in total. The van der Waals surface area contributed by atoms with E-state index in [4.69, 9.17) is 9.15 Å². The van der Waals surface area contributed by atoms with E-state index in [2.05, 4.69) is 34.0 Å². The first-order valence-corrected chi connectivity index (χ1v) is 11.1. The van der Waals surface area contributed by atoms with Crippen molar-refractivity contribution < 1.29 is 13.9 Å². The Morgan fingerprint density at radius 3 is 2.79 bits per heavy atom. The zero-order chi connectivity index (χ0) is 23.4. The molecule has 172 valence electrons. The van der Waals surface area contributed by atoms with Gasteiger partial charge >= 0.3 is 11.7 Å². The number of nitrogens with zero attached hydrogens (tertiary/aromatic N) is 2. The fraction of sp³-hybridized carbons (Fsp3) is 0.320. The van der Waals surface area contributed by atoms with Crippen molar-refractivity contribution in [1.82, 2.24) is 15.3 Å². The Bertz CT molecular complexity index is 1340. The third-order valence-electron chi connectivity index (χ3n) is 5.91. The number of rotatable bonds is 8. The number of aromatic nitrogens is 2. The number of nitrogens with one attached hydrogen (secondary N) is 2. The maximum Gasteiger partial charge on any atom is 0.407 e. The lowest BCUT2D eigenvalue weighted by atomic mass is 10.0. The molecule has 8 heteroatoms. The molecule has 0 aliphatic carbocycles. The summed E-state index contributed by atoms with van der Waals surface area (Å²) in [5, 5.41) is 3.62. The van der Waals surface area contributed by atoms with E-state index < -0.39 is 11.7 Å². The van der Waals surface area contributed by atoms with Gasteiger partial charge in [-0.2, -0.15) is 0 Å². The summed E-state index contributed by atoms with van der Waals surface area (Å²) in [5.41, 5.74) is 5.28. The number of ether oxygens (including phenoxy) is 1. The number of hydrogen-bond donors (Lipinski definition) is 2. The topological polar surface area (TPSA) is 100 Å². The highest BCUT2D eigenvalue weighted by Crippen LogP contribution is 2.25. The number of carbonyl (C=O) groups is 1. The monoisotopic (exact) mass is 448 g/mol. The molecule has 0 bridgehead atoms. The van der Waals surface area contributed by atoms with Gasteiger partial charge in [-0.15, -0.1) is 0 Å². The van der Waals surface area contributed by atoms with E-state index in [9.17, 15) is 9.59 Å². The number of imidazole rings is 1. The molecule has 2 heterocycles. The molecule has 0 fully saturated rings. The number of anilines is 1. The van der Waals surface area contributed by atoms with Crippen LogP contribution in [0.5, 0.6) is 0 Å². The van der Waals surface area contributed by atoms with E-state index in [-0.39, 0.29) is 13.0 Å². The van der Waals surface area contributed by atoms with Crippen LogP contribution in [0.15, 0.2) is 51.9 Å². The Morgan fingerprint density at radius 2 is 2.00 bits per heavy atom. The summed E-state index contributed by atoms with van der Waals surface area (Å²) < 4.78 is 10.9. The second kappa shape index (κ2) is 9.77. The van der Waals surface area contributed by atoms with Gasteiger partial charge in [0.15, 0.2) is 0 Å². The zero-order valence-corrected chi connectivity index (χ0v) is 19.1. The maximum absolute atomic E-state index is 12.6. The van der Waals surface area contributed by atoms with E-state index in [1.54, 1.807) is 6.33 Å². The number of benzene rings is 2. The van der Waals surface area contributed by atoms with Gasteiger partial charge in [0.2, 0.25) is 0 Å². The third-order valence-corrected chi connectivity index (χ3v) is 5.91. The van der Waals surface area contributed by atoms with E-state index in [1.807, 2.05) is 43.3 Å². The van der Waals surface area contributed by atoms with Gasteiger partial charge in [0.25, 0.3) is 0 Å². The Labute approximate surface area is 191 Å². The van der Waals surface area contributed by atoms with Crippen molar-refractivity contribution in [3.05, 3.63) is 69.8 Å². The first-order chi connectivity index (χ1) is 16.0. The van der Waals surface area contributed by atoms with Gasteiger partial charge in [0, 0.05) is 48.8 Å². The minimum atomic E-state index is -0.536. The predicted octanol–water partition coefficient (Wildman–Crippen LogP) is 4.29. The van der Waals surface area contributed by atoms with Crippen LogP contribution in [0.1, 0.15) is 30.5 Å². The molecule has 1 amide bonds. The Morgan fingerprint density at radius 1 is 1.18 bits per heavy atom. The zero-order valence-electron chi connectivity index (χ0n) is 19.1. The van der Waals surface area contributed by atoms with Crippen LogP contribution < -0.4 is 15.8 Å². The van der Waals surface area contributed by atoms with Crippen LogP contribution >= 0.6 is 0 Å². The van der Waals surface area contributed by atoms with E-state index in [0.29, 0.717) is 17.7 Å². The van der Waals surface area contributed by atoms with Crippen LogP contribution in [-0.4, -0.2) is 35.8 Å². The van der Waals surface area contributed by atoms with Crippen LogP contribution in [0.3, 0.4) is 0 Å². The number of fused-ring (bicyclic) bond motifs is 2. The number of aryl methyl sites for hydroxylation is 1. The molecular weight excluding hydrogens is 420 g/mol. The minimum Gasteiger partial charge on any atom is -0.449 e. The molecule has 2 aromatic heterocycles. The number of amides is 1. The van der Waals surface area contributed by atoms with Crippen LogP contribution in [-0.2, 0) is 17.7 Å². The number of H-pyrrole nitrogens is 1. The average molecular weight is 449 g/mol. The first-order valence-electron chi connectivity index (χ1n) is 11.1. The normalized spacial score (nSPS) is 11.1. The quantitative estimate of drug-likeness (QED) is 0.390. The van der Waals surface area contributed by atoms with Crippen LogP contribution in [0.25, 0.3) is 22.0 Å². The summed E-state index contributed by atoms with van der Waals surface area (Å²) in [6, 6.07) is 11.6. The maximum atomic E-state index is 12.6. The van der Waals surface area contributed by atoms with Gasteiger partial charge in [-0.25, -0.2) is 14.6 Å². The molecule has 4 aromatic rings. The predicted molar refractivity (Wildman–Crippen MR) is 129 cm³/mol. The lowest BCUT2D eigenvalue weighted by molar-refractivity contribution is 0.146. The fourth-order valence-electron chi connectivity index (χ4n) is 4.02. The molecule has 0 radical (unpaired) electrons. The molecule has 4 rings (SSSR count). The molecule has 0 aliphatic rings. The third kappa shape index (κ3) is 4.84. The lowest BCUT2D eigenvalue weighted by Crippen LogP contribution is -2.25. The summed E-state index contributed by atoms with van der Waals surface area (Å²) >= 11 is 0. The molecular formula is C25H28N4O4. The summed E-state index contributed by atoms with van der Waals surface area (Å²) in [7, 11) is 0. The van der Waals surface area contributed by atoms with Crippen molar-refractivity contribution in [2.45, 2.75) is 33.7 Å². The highest BCUT2D eigenvalue weighted by atomic mass is 16.5. The highest BCUT2D eigenvalue weighted by Gasteiger charge is 2.14. The van der Waals surface area contributed by atoms with Crippen LogP contribution in [0, 0.1) is 6.92 Å². The Balaban J connectivity index is 1.37. The van der Waals surface area contributed by atoms with Crippen molar-refractivity contribution in [2.24, 2.45) is 0 Å². The van der Waals surface area contributed by atoms with Gasteiger partial charge in [-0.1, -0.05) is 6.07 Å². The van der Waals surface area contributed by atoms with Crippen molar-refractivity contribution in [3.8, 4) is 0 Å². The average Bonchev–Trinajstić information content (AvgIpc) is 3.28. The SMILES string of the molecule is CCN(CC)c1ccc2c(C)c(CCOC(=O)NCc3ccc4nc[nH]c4c3)c(=O)oc2c1. The van der Waals surface area contributed by atoms with Crippen molar-refractivity contribution >= 4 is 33.8 Å². The molecule has 0 saturated carbocycles. The summed E-state index contributed by atoms with van der Waals surface area (Å²) in [5.74, 6) is 0. The number of aromatic amines is 1. The van der Waals surface area contributed by atoms with Gasteiger partial charge in [0.05, 0.1) is 24.0 Å². The lowest BCUT2D eigenvalue weighted by Gasteiger charge is -2.21. The molecule has 33 heavy (non-hydrogen) atoms. The second-order valence-corrected chi connectivity index (χ2v) is 7.84. The van der Waals surface area contributed by atoms with Crippen LogP contribution in [0.4, 0.5) is 10.5 Å². The number of alkyl carbamates (subject to hydrolysis) is 1. The molecule has 8 nitrogen and oxygen atoms in total. The molecule has 2 aromatic carbocycles. The van der Waals surface area contributed by atoms with Gasteiger partial charge < -0.3 is 24.4 Å². The smallest absolute Gasteiger partial charge is 0.407 e. The van der Waals surface area contributed by atoms with Crippen LogP contribution in [0.2, 0.25) is 0 Å². The molecule has 0 atom stereocenters. The summed E-state index contributed by atoms with van der Waals surface area (Å²) in [6.45, 7) is 8.25. The highest BCUT2D eigenvalue weighted by molar-refractivity contribution is 5.84. The van der Waals surface area contributed by atoms with Gasteiger partial charge in [-0.05, 0) is 56.2 Å². The van der Waals surface area contributed by atoms with E-state index in [1.165, 1.54) is 0 Å². The fourth-order valence-corrected chi connectivity index (χ4v) is 4.02. The molecule has 0 saturated heterocycles. The minimum absolute atomic E-state index is 0.0834. The second-order valence-electron chi connectivity index (χ2n) is 7.84. The Kier molecular flexibility index (Phi) is 6.63. The van der Waals surface area contributed by atoms with Crippen molar-refractivity contribution in [3.63, 3.8) is 0 Å². The molecule has 0 aliphatic heterocycles. The largest absolute Gasteiger partial charge is 0.449 e. The standard InChI is InChI=1S/C25H28N4O4/c1-4-29(5-2)18-7-8-19-16(3)20(24(30)33-23(19)13-18)10-11-32-25(31)26-14-17-6-9-21-22(12-17)28-15-27-21/h6-9,12-13,15H,4-5,10-11,14H2,1-3H3,(H,26,31)(H,27,28). The van der Waals surface area contributed by atoms with Gasteiger partial charge in [0.1, 0.15) is 5.58 Å². The van der Waals surface area contributed by atoms with Gasteiger partial charge in [-0.3, -0.25) is 0 Å². The Hall–Kier alpha value is -3.81. The number of carbonyl (C=O) groups excluding carboxylic acids is 1. The van der Waals surface area contributed by atoms with Crippen molar-refractivity contribution in [2.75, 3.05) is 24.6 Å². The number of hydrogen-bond acceptors (Lipinski definition) is 6. The molecule has 0 unspecified atom stereocenters. The summed E-state index contributed by atoms with van der Waals surface area (Å²) in [4.78, 5) is 34.1.